The summed E-state index contributed by atoms with van der Waals surface area (Å²) in [5, 5.41) is 18.2. The Morgan fingerprint density at radius 1 is 0.933 bits per heavy atom. The second kappa shape index (κ2) is 4.55. The molecule has 0 saturated carbocycles. The molecule has 1 aromatic carbocycles. The Morgan fingerprint density at radius 2 is 1.47 bits per heavy atom. The topological polar surface area (TPSA) is 46.9 Å². The van der Waals surface area contributed by atoms with Crippen LogP contribution in [0.2, 0.25) is 0 Å². The molecule has 2 N–H and O–H groups in total. The molecule has 0 aliphatic carbocycles. The van der Waals surface area contributed by atoms with Crippen LogP contribution < -0.4 is 15.3 Å². The van der Waals surface area contributed by atoms with Gasteiger partial charge in [-0.3, -0.25) is 0 Å². The Morgan fingerprint density at radius 3 is 1.87 bits per heavy atom. The van der Waals surface area contributed by atoms with E-state index in [-0.39, 0.29) is 0 Å². The Balaban J connectivity index is 3.21. The van der Waals surface area contributed by atoms with E-state index in [1.165, 1.54) is 0 Å². The molecule has 0 radical (unpaired) electrons. The van der Waals surface area contributed by atoms with Crippen LogP contribution in [0.15, 0.2) is 18.2 Å². The number of benzene rings is 1. The van der Waals surface area contributed by atoms with Crippen LogP contribution in [0.3, 0.4) is 0 Å². The summed E-state index contributed by atoms with van der Waals surface area (Å²) in [6, 6.07) is 5.37. The molecular weight excluding hydrogens is 191 g/mol. The molecule has 0 saturated heterocycles. The normalized spacial score (nSPS) is 10.0. The van der Waals surface area contributed by atoms with Crippen molar-refractivity contribution in [1.82, 2.24) is 0 Å². The van der Waals surface area contributed by atoms with Gasteiger partial charge in [0.25, 0.3) is 0 Å². The number of anilines is 2. The van der Waals surface area contributed by atoms with Gasteiger partial charge < -0.3 is 19.8 Å². The van der Waals surface area contributed by atoms with Crippen LogP contribution in [0, 0.1) is 0 Å². The Kier molecular flexibility index (Phi) is 3.60. The number of rotatable bonds is 3. The Bertz CT molecular complexity index is 340. The smallest absolute Gasteiger partial charge is 0.423 e. The van der Waals surface area contributed by atoms with E-state index in [0.29, 0.717) is 5.46 Å². The minimum Gasteiger partial charge on any atom is -0.423 e. The van der Waals surface area contributed by atoms with E-state index in [4.69, 9.17) is 10.0 Å². The lowest BCUT2D eigenvalue weighted by atomic mass is 9.80. The molecule has 0 aliphatic heterocycles. The van der Waals surface area contributed by atoms with Crippen LogP contribution in [-0.2, 0) is 0 Å². The summed E-state index contributed by atoms with van der Waals surface area (Å²) in [5.74, 6) is 0. The van der Waals surface area contributed by atoms with Gasteiger partial charge in [0.15, 0.2) is 0 Å². The molecule has 0 bridgehead atoms. The second-order valence-corrected chi connectivity index (χ2v) is 3.91. The maximum Gasteiger partial charge on any atom is 0.488 e. The van der Waals surface area contributed by atoms with Crippen molar-refractivity contribution in [2.24, 2.45) is 0 Å². The monoisotopic (exact) mass is 208 g/mol. The van der Waals surface area contributed by atoms with Crippen LogP contribution in [-0.4, -0.2) is 45.4 Å². The molecule has 0 heterocycles. The van der Waals surface area contributed by atoms with E-state index in [9.17, 15) is 0 Å². The highest BCUT2D eigenvalue weighted by molar-refractivity contribution is 6.58. The van der Waals surface area contributed by atoms with Gasteiger partial charge in [-0.2, -0.15) is 0 Å². The van der Waals surface area contributed by atoms with Gasteiger partial charge in [0, 0.05) is 28.2 Å². The van der Waals surface area contributed by atoms with Crippen molar-refractivity contribution in [3.8, 4) is 0 Å². The van der Waals surface area contributed by atoms with Crippen LogP contribution in [0.4, 0.5) is 11.4 Å². The quantitative estimate of drug-likeness (QED) is 0.657. The van der Waals surface area contributed by atoms with E-state index < -0.39 is 7.12 Å². The van der Waals surface area contributed by atoms with Gasteiger partial charge >= 0.3 is 7.12 Å². The first-order chi connectivity index (χ1) is 6.93. The number of hydrogen-bond acceptors (Lipinski definition) is 4. The maximum absolute atomic E-state index is 9.08. The summed E-state index contributed by atoms with van der Waals surface area (Å²) in [4.78, 5) is 3.93. The molecule has 0 unspecified atom stereocenters. The minimum atomic E-state index is -1.42. The summed E-state index contributed by atoms with van der Waals surface area (Å²) < 4.78 is 0. The molecule has 4 nitrogen and oxygen atoms in total. The molecule has 0 atom stereocenters. The first-order valence-corrected chi connectivity index (χ1v) is 4.78. The number of nitrogens with zero attached hydrogens (tertiary/aromatic N) is 2. The third-order valence-corrected chi connectivity index (χ3v) is 2.26. The molecule has 5 heteroatoms. The number of hydrogen-bond donors (Lipinski definition) is 2. The van der Waals surface area contributed by atoms with Crippen molar-refractivity contribution in [3.05, 3.63) is 18.2 Å². The fraction of sp³-hybridized carbons (Fsp3) is 0.400. The van der Waals surface area contributed by atoms with Crippen LogP contribution in [0.25, 0.3) is 0 Å². The minimum absolute atomic E-state index is 0.504. The highest BCUT2D eigenvalue weighted by Crippen LogP contribution is 2.24. The van der Waals surface area contributed by atoms with Gasteiger partial charge in [0.2, 0.25) is 0 Å². The van der Waals surface area contributed by atoms with E-state index >= 15 is 0 Å². The lowest BCUT2D eigenvalue weighted by Crippen LogP contribution is -2.31. The summed E-state index contributed by atoms with van der Waals surface area (Å²) in [6.45, 7) is 0. The first-order valence-electron chi connectivity index (χ1n) is 4.78. The van der Waals surface area contributed by atoms with Gasteiger partial charge in [-0.15, -0.1) is 0 Å². The third-order valence-electron chi connectivity index (χ3n) is 2.26. The van der Waals surface area contributed by atoms with Crippen molar-refractivity contribution >= 4 is 24.0 Å². The van der Waals surface area contributed by atoms with E-state index in [0.717, 1.165) is 11.4 Å². The zero-order valence-electron chi connectivity index (χ0n) is 9.60. The summed E-state index contributed by atoms with van der Waals surface area (Å²) in [7, 11) is 6.35. The molecule has 0 amide bonds. The molecule has 1 rings (SSSR count). The van der Waals surface area contributed by atoms with E-state index in [1.54, 1.807) is 12.1 Å². The fourth-order valence-electron chi connectivity index (χ4n) is 1.44. The van der Waals surface area contributed by atoms with Crippen molar-refractivity contribution in [2.75, 3.05) is 38.0 Å². The predicted molar refractivity (Wildman–Crippen MR) is 64.9 cm³/mol. The van der Waals surface area contributed by atoms with Crippen molar-refractivity contribution in [2.45, 2.75) is 0 Å². The molecule has 0 fully saturated rings. The summed E-state index contributed by atoms with van der Waals surface area (Å²) in [6.07, 6.45) is 0. The zero-order valence-corrected chi connectivity index (χ0v) is 9.60. The van der Waals surface area contributed by atoms with Gasteiger partial charge in [-0.05, 0) is 17.6 Å². The summed E-state index contributed by atoms with van der Waals surface area (Å²) >= 11 is 0. The molecule has 0 aliphatic rings. The first kappa shape index (κ1) is 11.9. The van der Waals surface area contributed by atoms with Crippen LogP contribution in [0.5, 0.6) is 0 Å². The van der Waals surface area contributed by atoms with Crippen molar-refractivity contribution < 1.29 is 10.0 Å². The van der Waals surface area contributed by atoms with Gasteiger partial charge in [-0.25, -0.2) is 0 Å². The third kappa shape index (κ3) is 2.64. The average molecular weight is 208 g/mol. The van der Waals surface area contributed by atoms with Gasteiger partial charge in [0.05, 0.1) is 11.4 Å². The second-order valence-electron chi connectivity index (χ2n) is 3.91. The fourth-order valence-corrected chi connectivity index (χ4v) is 1.44. The Labute approximate surface area is 90.9 Å². The van der Waals surface area contributed by atoms with Gasteiger partial charge in [-0.1, -0.05) is 6.07 Å². The molecule has 82 valence electrons. The lowest BCUT2D eigenvalue weighted by molar-refractivity contribution is 0.426. The molecule has 1 aromatic rings. The maximum atomic E-state index is 9.08. The molecule has 15 heavy (non-hydrogen) atoms. The van der Waals surface area contributed by atoms with E-state index in [1.807, 2.05) is 44.1 Å². The lowest BCUT2D eigenvalue weighted by Gasteiger charge is -2.23. The van der Waals surface area contributed by atoms with E-state index in [2.05, 4.69) is 0 Å². The highest BCUT2D eigenvalue weighted by atomic mass is 16.4. The van der Waals surface area contributed by atoms with Crippen molar-refractivity contribution in [3.63, 3.8) is 0 Å². The molecule has 0 aromatic heterocycles. The predicted octanol–water partition coefficient (Wildman–Crippen LogP) is -0.502. The zero-order chi connectivity index (χ0) is 11.6. The molecule has 0 spiro atoms. The largest absolute Gasteiger partial charge is 0.488 e. The average Bonchev–Trinajstić information content (AvgIpc) is 2.16. The van der Waals surface area contributed by atoms with Gasteiger partial charge in [0.1, 0.15) is 0 Å². The van der Waals surface area contributed by atoms with Crippen LogP contribution >= 0.6 is 0 Å². The molecular formula is C10H17BN2O2. The Hall–Kier alpha value is -1.20. The highest BCUT2D eigenvalue weighted by Gasteiger charge is 2.14. The van der Waals surface area contributed by atoms with Crippen molar-refractivity contribution in [1.29, 1.82) is 0 Å². The summed E-state index contributed by atoms with van der Waals surface area (Å²) in [5.41, 5.74) is 2.51. The standard InChI is InChI=1S/C10H17BN2O2/c1-12(2)9-6-5-8(11(14)15)7-10(9)13(3)4/h5-7,14-15H,1-4H3. The van der Waals surface area contributed by atoms with Crippen LogP contribution in [0.1, 0.15) is 0 Å². The SMILES string of the molecule is CN(C)c1ccc(B(O)O)cc1N(C)C.